The Balaban J connectivity index is 1.30. The number of aryl methyl sites for hydroxylation is 1. The van der Waals surface area contributed by atoms with Gasteiger partial charge in [-0.1, -0.05) is 52.3 Å². The van der Waals surface area contributed by atoms with Crippen molar-refractivity contribution in [2.24, 2.45) is 36.6 Å². The predicted octanol–water partition coefficient (Wildman–Crippen LogP) is 8.92. The van der Waals surface area contributed by atoms with Crippen LogP contribution in [0.25, 0.3) is 10.9 Å². The molecule has 378 valence electrons. The number of cyclic esters (lactones) is 1. The van der Waals surface area contributed by atoms with Gasteiger partial charge in [0, 0.05) is 82.5 Å². The van der Waals surface area contributed by atoms with Crippen molar-refractivity contribution in [3.63, 3.8) is 0 Å². The molecule has 1 N–H and O–H groups in total. The summed E-state index contributed by atoms with van der Waals surface area (Å²) in [5, 5.41) is 13.4. The number of nitrogens with zero attached hydrogens (tertiary/aromatic N) is 3. The lowest BCUT2D eigenvalue weighted by atomic mass is 9.80. The van der Waals surface area contributed by atoms with E-state index in [9.17, 15) is 24.3 Å². The number of esters is 1. The predicted molar refractivity (Wildman–Crippen MR) is 265 cm³/mol. The van der Waals surface area contributed by atoms with Crippen LogP contribution in [0.3, 0.4) is 0 Å². The van der Waals surface area contributed by atoms with E-state index in [1.807, 2.05) is 20.8 Å². The van der Waals surface area contributed by atoms with Crippen molar-refractivity contribution in [3.8, 4) is 0 Å². The number of fused-ring (bicyclic) bond motifs is 4. The highest BCUT2D eigenvalue weighted by atomic mass is 16.7. The number of anilines is 1. The molecule has 0 spiro atoms. The Labute approximate surface area is 406 Å². The summed E-state index contributed by atoms with van der Waals surface area (Å²) < 4.78 is 33.5. The SMILES string of the molecule is CCCOC1CC(C=C(C)C2OC(=O)C3CCCCN3C(=O)C(=O)C3(O)OC(C(OC)CC(C)C/C(C)=C/C(CC)C(=O)CCC2C)C(OC)CC3C)CCC1N(C)c1ccc2c(ccn2C)c1. The number of ketones is 2. The van der Waals surface area contributed by atoms with E-state index in [1.165, 1.54) is 15.8 Å². The van der Waals surface area contributed by atoms with Gasteiger partial charge in [-0.3, -0.25) is 14.4 Å². The number of benzene rings is 1. The van der Waals surface area contributed by atoms with Crippen LogP contribution in [0.1, 0.15) is 132 Å². The molecule has 13 unspecified atom stereocenters. The Morgan fingerprint density at radius 3 is 2.40 bits per heavy atom. The summed E-state index contributed by atoms with van der Waals surface area (Å²) in [4.78, 5) is 61.2. The van der Waals surface area contributed by atoms with Crippen molar-refractivity contribution in [2.45, 2.75) is 180 Å². The molecule has 13 atom stereocenters. The van der Waals surface area contributed by atoms with Crippen molar-refractivity contribution >= 4 is 40.0 Å². The van der Waals surface area contributed by atoms with Crippen molar-refractivity contribution in [3.05, 3.63) is 53.8 Å². The van der Waals surface area contributed by atoms with Crippen LogP contribution in [0.5, 0.6) is 0 Å². The van der Waals surface area contributed by atoms with Crippen molar-refractivity contribution in [1.82, 2.24) is 9.47 Å². The molecule has 2 aromatic rings. The van der Waals surface area contributed by atoms with E-state index >= 15 is 0 Å². The maximum Gasteiger partial charge on any atom is 0.329 e. The van der Waals surface area contributed by atoms with Crippen LogP contribution in [-0.4, -0.2) is 121 Å². The monoisotopic (exact) mass is 946 g/mol. The van der Waals surface area contributed by atoms with E-state index in [0.29, 0.717) is 58.0 Å². The first-order valence-electron chi connectivity index (χ1n) is 25.7. The van der Waals surface area contributed by atoms with Crippen LogP contribution in [0.15, 0.2) is 53.8 Å². The molecule has 3 aliphatic heterocycles. The van der Waals surface area contributed by atoms with E-state index in [-0.39, 0.29) is 54.6 Å². The Morgan fingerprint density at radius 2 is 1.69 bits per heavy atom. The number of hydrogen-bond donors (Lipinski definition) is 1. The molecular formula is C55H83N3O10. The molecule has 2 saturated heterocycles. The Hall–Kier alpha value is -3.88. The average molecular weight is 946 g/mol. The van der Waals surface area contributed by atoms with Gasteiger partial charge in [0.25, 0.3) is 11.7 Å². The largest absolute Gasteiger partial charge is 0.456 e. The van der Waals surface area contributed by atoms with Crippen LogP contribution in [0.2, 0.25) is 0 Å². The van der Waals surface area contributed by atoms with Gasteiger partial charge in [-0.2, -0.15) is 0 Å². The molecule has 13 heteroatoms. The van der Waals surface area contributed by atoms with Gasteiger partial charge in [0.15, 0.2) is 0 Å². The topological polar surface area (TPSA) is 146 Å². The first-order valence-corrected chi connectivity index (χ1v) is 25.7. The number of ether oxygens (including phenoxy) is 5. The number of likely N-dealkylation sites (N-methyl/N-ethyl adjacent to an activating group) is 1. The second-order valence-corrected chi connectivity index (χ2v) is 21.0. The molecule has 4 aliphatic rings. The number of aromatic nitrogens is 1. The molecule has 13 nitrogen and oxygen atoms in total. The van der Waals surface area contributed by atoms with Crippen molar-refractivity contribution in [1.29, 1.82) is 0 Å². The third-order valence-corrected chi connectivity index (χ3v) is 15.8. The van der Waals surface area contributed by atoms with Gasteiger partial charge in [-0.25, -0.2) is 4.79 Å². The van der Waals surface area contributed by atoms with E-state index in [4.69, 9.17) is 23.7 Å². The third kappa shape index (κ3) is 12.2. The summed E-state index contributed by atoms with van der Waals surface area (Å²) in [6.45, 7) is 14.9. The number of amides is 1. The summed E-state index contributed by atoms with van der Waals surface area (Å²) >= 11 is 0. The van der Waals surface area contributed by atoms with Gasteiger partial charge in [-0.05, 0) is 138 Å². The number of carbonyl (C=O) groups is 4. The van der Waals surface area contributed by atoms with Crippen LogP contribution in [0.4, 0.5) is 5.69 Å². The van der Waals surface area contributed by atoms with Crippen LogP contribution in [0, 0.1) is 29.6 Å². The summed E-state index contributed by atoms with van der Waals surface area (Å²) in [6.07, 6.45) is 11.8. The molecule has 0 radical (unpaired) electrons. The van der Waals surface area contributed by atoms with Crippen molar-refractivity contribution in [2.75, 3.05) is 39.3 Å². The summed E-state index contributed by atoms with van der Waals surface area (Å²) in [7, 11) is 7.35. The maximum absolute atomic E-state index is 14.6. The fraction of sp³-hybridized carbons (Fsp3) is 0.709. The number of allylic oxidation sites excluding steroid dienone is 3. The normalized spacial score (nSPS) is 35.3. The van der Waals surface area contributed by atoms with Gasteiger partial charge < -0.3 is 43.2 Å². The highest BCUT2D eigenvalue weighted by Gasteiger charge is 2.56. The Bertz CT molecular complexity index is 2110. The molecule has 1 amide bonds. The van der Waals surface area contributed by atoms with E-state index in [0.717, 1.165) is 42.5 Å². The number of Topliss-reactive ketones (excluding diaryl/α,β-unsaturated/α-hetero) is 2. The van der Waals surface area contributed by atoms with Crippen LogP contribution >= 0.6 is 0 Å². The quantitative estimate of drug-likeness (QED) is 0.138. The van der Waals surface area contributed by atoms with Crippen LogP contribution < -0.4 is 4.90 Å². The zero-order valence-electron chi connectivity index (χ0n) is 43.0. The van der Waals surface area contributed by atoms with Gasteiger partial charge >= 0.3 is 5.97 Å². The number of methoxy groups -OCH3 is 2. The summed E-state index contributed by atoms with van der Waals surface area (Å²) in [5.74, 6) is -6.04. The van der Waals surface area contributed by atoms with E-state index in [1.54, 1.807) is 21.1 Å². The minimum Gasteiger partial charge on any atom is -0.456 e. The van der Waals surface area contributed by atoms with Crippen molar-refractivity contribution < 1.29 is 48.0 Å². The minimum atomic E-state index is -2.47. The smallest absolute Gasteiger partial charge is 0.329 e. The Morgan fingerprint density at radius 1 is 0.956 bits per heavy atom. The molecule has 1 aromatic heterocycles. The molecule has 4 heterocycles. The number of piperidine rings is 1. The van der Waals surface area contributed by atoms with Gasteiger partial charge in [-0.15, -0.1) is 0 Å². The van der Waals surface area contributed by atoms with Crippen LogP contribution in [-0.2, 0) is 49.9 Å². The lowest BCUT2D eigenvalue weighted by Crippen LogP contribution is -2.64. The highest BCUT2D eigenvalue weighted by molar-refractivity contribution is 6.39. The first kappa shape index (κ1) is 53.5. The average Bonchev–Trinajstić information content (AvgIpc) is 3.71. The van der Waals surface area contributed by atoms with E-state index in [2.05, 4.69) is 86.9 Å². The summed E-state index contributed by atoms with van der Waals surface area (Å²) in [6, 6.07) is 7.89. The lowest BCUT2D eigenvalue weighted by molar-refractivity contribution is -0.302. The number of aliphatic hydroxyl groups is 1. The molecule has 68 heavy (non-hydrogen) atoms. The second kappa shape index (κ2) is 23.8. The van der Waals surface area contributed by atoms with Gasteiger partial charge in [0.2, 0.25) is 5.79 Å². The van der Waals surface area contributed by atoms with Gasteiger partial charge in [0.05, 0.1) is 24.4 Å². The second-order valence-electron chi connectivity index (χ2n) is 21.0. The fourth-order valence-corrected chi connectivity index (χ4v) is 11.7. The summed E-state index contributed by atoms with van der Waals surface area (Å²) in [5.41, 5.74) is 4.32. The lowest BCUT2D eigenvalue weighted by Gasteiger charge is -2.47. The third-order valence-electron chi connectivity index (χ3n) is 15.8. The highest BCUT2D eigenvalue weighted by Crippen LogP contribution is 2.40. The molecule has 1 saturated carbocycles. The first-order chi connectivity index (χ1) is 32.4. The number of hydrogen-bond acceptors (Lipinski definition) is 11. The van der Waals surface area contributed by atoms with Gasteiger partial charge in [0.1, 0.15) is 24.0 Å². The molecule has 6 rings (SSSR count). The fourth-order valence-electron chi connectivity index (χ4n) is 11.7. The molecule has 1 aromatic carbocycles. The molecule has 2 bridgehead atoms. The Kier molecular flexibility index (Phi) is 18.7. The minimum absolute atomic E-state index is 0.0264. The number of carbonyl (C=O) groups excluding carboxylic acids is 4. The molecule has 3 fully saturated rings. The maximum atomic E-state index is 14.6. The zero-order valence-corrected chi connectivity index (χ0v) is 43.0. The standard InChI is InChI=1S/C55H83N3O10/c1-12-26-66-47-32-39(18-20-44(47)57(9)42-19-21-43-41(33-42)23-25-56(43)8)30-37(6)50-36(5)17-22-46(59)40(13-2)28-34(3)27-35(4)29-48(64-10)51-49(65-11)31-38(7)55(63,68-51)52(60)53(61)58-24-15-14-16-45(58)54(62)67-50/h19,21,23,25,28,30,33,35-36,38-40,44-45,47-51,63H,12-18,20,22,24,26-27,29,31-32H2,1-11H3/b34-28+,37-30?. The zero-order chi connectivity index (χ0) is 49.4. The molecular weight excluding hydrogens is 863 g/mol. The molecule has 1 aliphatic carbocycles. The van der Waals surface area contributed by atoms with E-state index < -0.39 is 59.8 Å². The number of rotatable bonds is 10.